The minimum absolute atomic E-state index is 0.197. The van der Waals surface area contributed by atoms with Crippen LogP contribution in [0.15, 0.2) is 24.5 Å². The van der Waals surface area contributed by atoms with Crippen LogP contribution in [0.4, 0.5) is 4.79 Å². The van der Waals surface area contributed by atoms with Crippen LogP contribution in [0, 0.1) is 0 Å². The first-order chi connectivity index (χ1) is 7.80. The quantitative estimate of drug-likeness (QED) is 0.835. The number of amides is 2. The second-order valence-corrected chi connectivity index (χ2v) is 4.66. The predicted octanol–water partition coefficient (Wildman–Crippen LogP) is 1.34. The molecule has 0 atom stereocenters. The molecule has 0 saturated heterocycles. The van der Waals surface area contributed by atoms with Crippen molar-refractivity contribution in [2.75, 3.05) is 12.0 Å². The standard InChI is InChI=1S/C11H17N3O3/c1-11(2,3)14(10(16)17)8-9(15)12-13-6-4-5-7-13/h4-7H,8H2,1-3H3,(H,12,15)(H,16,17). The Balaban J connectivity index is 2.62. The summed E-state index contributed by atoms with van der Waals surface area (Å²) in [6, 6.07) is 3.53. The third-order valence-electron chi connectivity index (χ3n) is 2.20. The predicted molar refractivity (Wildman–Crippen MR) is 63.3 cm³/mol. The molecule has 0 saturated carbocycles. The van der Waals surface area contributed by atoms with Gasteiger partial charge in [0.15, 0.2) is 0 Å². The molecule has 0 aromatic carbocycles. The van der Waals surface area contributed by atoms with Gasteiger partial charge < -0.3 is 5.11 Å². The number of nitrogens with zero attached hydrogens (tertiary/aromatic N) is 2. The minimum Gasteiger partial charge on any atom is -0.465 e. The number of aromatic nitrogens is 1. The smallest absolute Gasteiger partial charge is 0.408 e. The Morgan fingerprint density at radius 1 is 1.29 bits per heavy atom. The first-order valence-corrected chi connectivity index (χ1v) is 5.24. The van der Waals surface area contributed by atoms with Crippen LogP contribution in [0.5, 0.6) is 0 Å². The van der Waals surface area contributed by atoms with Crippen molar-refractivity contribution < 1.29 is 14.7 Å². The average molecular weight is 239 g/mol. The van der Waals surface area contributed by atoms with E-state index < -0.39 is 11.6 Å². The Morgan fingerprint density at radius 2 is 1.82 bits per heavy atom. The van der Waals surface area contributed by atoms with Gasteiger partial charge in [0.1, 0.15) is 6.54 Å². The van der Waals surface area contributed by atoms with Crippen LogP contribution >= 0.6 is 0 Å². The first kappa shape index (κ1) is 13.1. The van der Waals surface area contributed by atoms with Crippen LogP contribution in [-0.2, 0) is 4.79 Å². The van der Waals surface area contributed by atoms with Gasteiger partial charge in [-0.15, -0.1) is 0 Å². The molecule has 1 aromatic rings. The summed E-state index contributed by atoms with van der Waals surface area (Å²) in [5.74, 6) is -0.376. The van der Waals surface area contributed by atoms with Gasteiger partial charge in [-0.2, -0.15) is 0 Å². The van der Waals surface area contributed by atoms with Crippen LogP contribution in [0.3, 0.4) is 0 Å². The van der Waals surface area contributed by atoms with Crippen molar-refractivity contribution in [2.24, 2.45) is 0 Å². The van der Waals surface area contributed by atoms with E-state index in [0.717, 1.165) is 4.90 Å². The topological polar surface area (TPSA) is 74.6 Å². The molecule has 2 N–H and O–H groups in total. The highest BCUT2D eigenvalue weighted by atomic mass is 16.4. The van der Waals surface area contributed by atoms with E-state index in [9.17, 15) is 9.59 Å². The number of carbonyl (C=O) groups excluding carboxylic acids is 1. The van der Waals surface area contributed by atoms with Gasteiger partial charge in [0.2, 0.25) is 0 Å². The fraction of sp³-hybridized carbons (Fsp3) is 0.455. The average Bonchev–Trinajstić information content (AvgIpc) is 2.64. The number of carbonyl (C=O) groups is 2. The van der Waals surface area contributed by atoms with Gasteiger partial charge in [-0.05, 0) is 32.9 Å². The normalized spacial score (nSPS) is 11.0. The third kappa shape index (κ3) is 3.82. The maximum atomic E-state index is 11.6. The summed E-state index contributed by atoms with van der Waals surface area (Å²) in [6.07, 6.45) is 2.22. The fourth-order valence-electron chi connectivity index (χ4n) is 1.32. The molecule has 0 unspecified atom stereocenters. The van der Waals surface area contributed by atoms with Gasteiger partial charge >= 0.3 is 6.09 Å². The second-order valence-electron chi connectivity index (χ2n) is 4.66. The molecule has 0 radical (unpaired) electrons. The van der Waals surface area contributed by atoms with Crippen LogP contribution in [0.1, 0.15) is 20.8 Å². The SMILES string of the molecule is CC(C)(C)N(CC(=O)Nn1cccc1)C(=O)O. The van der Waals surface area contributed by atoms with Gasteiger partial charge in [0, 0.05) is 17.9 Å². The number of rotatable bonds is 3. The molecule has 0 bridgehead atoms. The summed E-state index contributed by atoms with van der Waals surface area (Å²) in [5, 5.41) is 9.02. The molecule has 17 heavy (non-hydrogen) atoms. The minimum atomic E-state index is -1.11. The van der Waals surface area contributed by atoms with Gasteiger partial charge in [0.25, 0.3) is 5.91 Å². The Kier molecular flexibility index (Phi) is 3.77. The van der Waals surface area contributed by atoms with Crippen molar-refractivity contribution in [1.29, 1.82) is 0 Å². The van der Waals surface area contributed by atoms with E-state index in [2.05, 4.69) is 5.43 Å². The molecule has 0 fully saturated rings. The van der Waals surface area contributed by atoms with Crippen LogP contribution in [0.25, 0.3) is 0 Å². The molecule has 0 spiro atoms. The molecule has 6 heteroatoms. The zero-order valence-corrected chi connectivity index (χ0v) is 10.2. The van der Waals surface area contributed by atoms with E-state index in [4.69, 9.17) is 5.11 Å². The number of hydrogen-bond acceptors (Lipinski definition) is 2. The first-order valence-electron chi connectivity index (χ1n) is 5.24. The fourth-order valence-corrected chi connectivity index (χ4v) is 1.32. The summed E-state index contributed by atoms with van der Waals surface area (Å²) >= 11 is 0. The lowest BCUT2D eigenvalue weighted by Gasteiger charge is -2.32. The number of nitrogens with one attached hydrogen (secondary N) is 1. The zero-order valence-electron chi connectivity index (χ0n) is 10.2. The highest BCUT2D eigenvalue weighted by molar-refractivity contribution is 5.88. The van der Waals surface area contributed by atoms with Crippen molar-refractivity contribution in [3.63, 3.8) is 0 Å². The number of carboxylic acid groups (broad SMARTS) is 1. The van der Waals surface area contributed by atoms with Gasteiger partial charge in [0.05, 0.1) is 0 Å². The van der Waals surface area contributed by atoms with Crippen molar-refractivity contribution in [3.05, 3.63) is 24.5 Å². The molecule has 94 valence electrons. The van der Waals surface area contributed by atoms with E-state index >= 15 is 0 Å². The summed E-state index contributed by atoms with van der Waals surface area (Å²) in [6.45, 7) is 5.02. The van der Waals surface area contributed by atoms with E-state index in [-0.39, 0.29) is 12.5 Å². The maximum Gasteiger partial charge on any atom is 0.408 e. The van der Waals surface area contributed by atoms with Crippen molar-refractivity contribution in [3.8, 4) is 0 Å². The molecule has 0 aliphatic rings. The molecular weight excluding hydrogens is 222 g/mol. The van der Waals surface area contributed by atoms with Crippen molar-refractivity contribution in [1.82, 2.24) is 9.58 Å². The molecule has 6 nitrogen and oxygen atoms in total. The zero-order chi connectivity index (χ0) is 13.1. The Hall–Kier alpha value is -1.98. The van der Waals surface area contributed by atoms with E-state index in [1.54, 1.807) is 45.3 Å². The van der Waals surface area contributed by atoms with E-state index in [1.165, 1.54) is 4.68 Å². The third-order valence-corrected chi connectivity index (χ3v) is 2.20. The lowest BCUT2D eigenvalue weighted by molar-refractivity contribution is -0.118. The monoisotopic (exact) mass is 239 g/mol. The van der Waals surface area contributed by atoms with Crippen LogP contribution in [-0.4, -0.2) is 38.8 Å². The molecular formula is C11H17N3O3. The highest BCUT2D eigenvalue weighted by Crippen LogP contribution is 2.12. The van der Waals surface area contributed by atoms with Gasteiger partial charge in [-0.1, -0.05) is 0 Å². The summed E-state index contributed by atoms with van der Waals surface area (Å²) in [5.41, 5.74) is 1.94. The molecule has 1 heterocycles. The molecule has 1 aromatic heterocycles. The van der Waals surface area contributed by atoms with Crippen LogP contribution in [0.2, 0.25) is 0 Å². The molecule has 1 rings (SSSR count). The van der Waals surface area contributed by atoms with Gasteiger partial charge in [-0.3, -0.25) is 19.8 Å². The Morgan fingerprint density at radius 3 is 2.24 bits per heavy atom. The largest absolute Gasteiger partial charge is 0.465 e. The Labute approximate surface area is 99.8 Å². The molecule has 2 amide bonds. The lowest BCUT2D eigenvalue weighted by atomic mass is 10.1. The molecule has 0 aliphatic carbocycles. The molecule has 0 aliphatic heterocycles. The van der Waals surface area contributed by atoms with Crippen molar-refractivity contribution in [2.45, 2.75) is 26.3 Å². The van der Waals surface area contributed by atoms with Gasteiger partial charge in [-0.25, -0.2) is 4.79 Å². The summed E-state index contributed by atoms with van der Waals surface area (Å²) in [7, 11) is 0. The van der Waals surface area contributed by atoms with E-state index in [1.807, 2.05) is 0 Å². The summed E-state index contributed by atoms with van der Waals surface area (Å²) in [4.78, 5) is 23.7. The lowest BCUT2D eigenvalue weighted by Crippen LogP contribution is -2.49. The Bertz CT molecular complexity index is 393. The number of hydrogen-bond donors (Lipinski definition) is 2. The highest BCUT2D eigenvalue weighted by Gasteiger charge is 2.28. The maximum absolute atomic E-state index is 11.6. The second kappa shape index (κ2) is 4.90. The van der Waals surface area contributed by atoms with E-state index in [0.29, 0.717) is 0 Å². The van der Waals surface area contributed by atoms with Crippen LogP contribution < -0.4 is 5.43 Å². The summed E-state index contributed by atoms with van der Waals surface area (Å²) < 4.78 is 1.48. The van der Waals surface area contributed by atoms with Crippen molar-refractivity contribution >= 4 is 12.0 Å².